The van der Waals surface area contributed by atoms with Crippen LogP contribution in [0.15, 0.2) is 15.9 Å². The number of aryl methyl sites for hydroxylation is 2. The fraction of sp³-hybridized carbons (Fsp3) is 0.615. The number of nitrogens with two attached hydrogens (primary N) is 1. The molecule has 0 aliphatic carbocycles. The first-order valence-corrected chi connectivity index (χ1v) is 6.97. The van der Waals surface area contributed by atoms with Gasteiger partial charge in [-0.2, -0.15) is 0 Å². The Morgan fingerprint density at radius 3 is 2.60 bits per heavy atom. The van der Waals surface area contributed by atoms with E-state index in [9.17, 15) is 9.59 Å². The van der Waals surface area contributed by atoms with Gasteiger partial charge in [-0.3, -0.25) is 13.9 Å². The Balaban J connectivity index is 2.93. The van der Waals surface area contributed by atoms with Crippen molar-refractivity contribution in [2.75, 3.05) is 6.54 Å². The molecule has 2 N–H and O–H groups in total. The second kappa shape index (κ2) is 5.62. The fourth-order valence-corrected chi connectivity index (χ4v) is 2.37. The summed E-state index contributed by atoms with van der Waals surface area (Å²) in [5, 5.41) is 0. The third-order valence-electron chi connectivity index (χ3n) is 3.50. The van der Waals surface area contributed by atoms with Gasteiger partial charge in [0.1, 0.15) is 0 Å². The highest BCUT2D eigenvalue weighted by atomic mass is 16.2. The summed E-state index contributed by atoms with van der Waals surface area (Å²) >= 11 is 0. The molecule has 0 aliphatic heterocycles. The quantitative estimate of drug-likeness (QED) is 0.853. The summed E-state index contributed by atoms with van der Waals surface area (Å²) < 4.78 is 4.57. The van der Waals surface area contributed by atoms with E-state index in [0.717, 1.165) is 6.42 Å². The van der Waals surface area contributed by atoms with E-state index < -0.39 is 0 Å². The highest BCUT2D eigenvalue weighted by molar-refractivity contribution is 5.70. The molecule has 2 aromatic heterocycles. The van der Waals surface area contributed by atoms with Crippen LogP contribution in [0.2, 0.25) is 0 Å². The van der Waals surface area contributed by atoms with Crippen molar-refractivity contribution in [1.29, 1.82) is 0 Å². The smallest absolute Gasteiger partial charge is 0.328 e. The molecule has 0 saturated carbocycles. The van der Waals surface area contributed by atoms with Gasteiger partial charge in [-0.15, -0.1) is 0 Å². The molecule has 0 bridgehead atoms. The standard InChI is InChI=1S/C13H21N5O2/c1-4-6-17-11-10(16(5-2)8-15-11)12(19)18(13(17)20)9(3)7-14/h8-9H,4-7,14H2,1-3H3. The predicted octanol–water partition coefficient (Wildman–Crippen LogP) is 0.309. The summed E-state index contributed by atoms with van der Waals surface area (Å²) in [7, 11) is 0. The summed E-state index contributed by atoms with van der Waals surface area (Å²) in [6.07, 6.45) is 2.40. The van der Waals surface area contributed by atoms with Crippen LogP contribution in [0.1, 0.15) is 33.2 Å². The zero-order chi connectivity index (χ0) is 14.9. The highest BCUT2D eigenvalue weighted by Gasteiger charge is 2.19. The molecule has 2 rings (SSSR count). The van der Waals surface area contributed by atoms with Gasteiger partial charge >= 0.3 is 5.69 Å². The first-order chi connectivity index (χ1) is 9.56. The lowest BCUT2D eigenvalue weighted by Crippen LogP contribution is -2.43. The Morgan fingerprint density at radius 1 is 1.35 bits per heavy atom. The molecule has 20 heavy (non-hydrogen) atoms. The molecule has 0 aliphatic rings. The van der Waals surface area contributed by atoms with Crippen molar-refractivity contribution in [2.24, 2.45) is 5.73 Å². The van der Waals surface area contributed by atoms with Crippen molar-refractivity contribution in [3.63, 3.8) is 0 Å². The Bertz CT molecular complexity index is 725. The van der Waals surface area contributed by atoms with Gasteiger partial charge in [0.2, 0.25) is 0 Å². The van der Waals surface area contributed by atoms with Gasteiger partial charge in [-0.25, -0.2) is 9.78 Å². The molecule has 0 aromatic carbocycles. The number of rotatable bonds is 5. The fourth-order valence-electron chi connectivity index (χ4n) is 2.37. The average Bonchev–Trinajstić information content (AvgIpc) is 2.87. The molecule has 7 heteroatoms. The molecule has 2 aromatic rings. The van der Waals surface area contributed by atoms with Crippen molar-refractivity contribution in [2.45, 2.75) is 46.3 Å². The van der Waals surface area contributed by atoms with Crippen LogP contribution >= 0.6 is 0 Å². The average molecular weight is 279 g/mol. The van der Waals surface area contributed by atoms with E-state index >= 15 is 0 Å². The minimum absolute atomic E-state index is 0.243. The summed E-state index contributed by atoms with van der Waals surface area (Å²) in [6, 6.07) is -0.331. The Labute approximate surface area is 116 Å². The highest BCUT2D eigenvalue weighted by Crippen LogP contribution is 2.08. The van der Waals surface area contributed by atoms with Gasteiger partial charge in [0.05, 0.1) is 12.4 Å². The largest absolute Gasteiger partial charge is 0.333 e. The normalized spacial score (nSPS) is 13.0. The molecular formula is C13H21N5O2. The number of hydrogen-bond acceptors (Lipinski definition) is 4. The van der Waals surface area contributed by atoms with E-state index in [-0.39, 0.29) is 23.8 Å². The molecule has 0 radical (unpaired) electrons. The molecule has 0 fully saturated rings. The van der Waals surface area contributed by atoms with E-state index in [0.29, 0.717) is 24.3 Å². The maximum Gasteiger partial charge on any atom is 0.333 e. The second-order valence-corrected chi connectivity index (χ2v) is 4.90. The van der Waals surface area contributed by atoms with Crippen LogP contribution < -0.4 is 17.0 Å². The van der Waals surface area contributed by atoms with E-state index in [1.807, 2.05) is 13.8 Å². The third-order valence-corrected chi connectivity index (χ3v) is 3.50. The molecule has 1 unspecified atom stereocenters. The summed E-state index contributed by atoms with van der Waals surface area (Å²) in [5.41, 5.74) is 5.92. The number of imidazole rings is 1. The third kappa shape index (κ3) is 2.07. The molecule has 0 saturated heterocycles. The van der Waals surface area contributed by atoms with Crippen LogP contribution in [0, 0.1) is 0 Å². The Morgan fingerprint density at radius 2 is 2.05 bits per heavy atom. The lowest BCUT2D eigenvalue weighted by Gasteiger charge is -2.15. The van der Waals surface area contributed by atoms with Crippen LogP contribution in [0.25, 0.3) is 11.2 Å². The van der Waals surface area contributed by atoms with Gasteiger partial charge in [-0.05, 0) is 20.3 Å². The lowest BCUT2D eigenvalue weighted by atomic mass is 10.3. The molecule has 2 heterocycles. The SMILES string of the molecule is CCCn1c(=O)n(C(C)CN)c(=O)c2c1ncn2CC. The molecule has 1 atom stereocenters. The maximum atomic E-state index is 12.6. The van der Waals surface area contributed by atoms with E-state index in [1.165, 1.54) is 4.57 Å². The van der Waals surface area contributed by atoms with Crippen LogP contribution in [0.4, 0.5) is 0 Å². The van der Waals surface area contributed by atoms with E-state index in [2.05, 4.69) is 4.98 Å². The maximum absolute atomic E-state index is 12.6. The summed E-state index contributed by atoms with van der Waals surface area (Å²) in [5.74, 6) is 0. The first kappa shape index (κ1) is 14.5. The molecule has 0 amide bonds. The van der Waals surface area contributed by atoms with Crippen LogP contribution in [-0.4, -0.2) is 25.2 Å². The van der Waals surface area contributed by atoms with Gasteiger partial charge in [0, 0.05) is 19.6 Å². The zero-order valence-corrected chi connectivity index (χ0v) is 12.2. The van der Waals surface area contributed by atoms with Crippen LogP contribution in [0.3, 0.4) is 0 Å². The molecule has 110 valence electrons. The first-order valence-electron chi connectivity index (χ1n) is 6.97. The minimum Gasteiger partial charge on any atom is -0.328 e. The van der Waals surface area contributed by atoms with Crippen LogP contribution in [0.5, 0.6) is 0 Å². The van der Waals surface area contributed by atoms with Crippen molar-refractivity contribution in [3.8, 4) is 0 Å². The lowest BCUT2D eigenvalue weighted by molar-refractivity contribution is 0.485. The molecular weight excluding hydrogens is 258 g/mol. The number of hydrogen-bond donors (Lipinski definition) is 1. The summed E-state index contributed by atoms with van der Waals surface area (Å²) in [4.78, 5) is 29.3. The number of fused-ring (bicyclic) bond motifs is 1. The van der Waals surface area contributed by atoms with Crippen molar-refractivity contribution < 1.29 is 0 Å². The van der Waals surface area contributed by atoms with E-state index in [4.69, 9.17) is 5.73 Å². The van der Waals surface area contributed by atoms with Crippen LogP contribution in [-0.2, 0) is 13.1 Å². The van der Waals surface area contributed by atoms with Gasteiger partial charge in [0.15, 0.2) is 11.2 Å². The molecule has 0 spiro atoms. The number of nitrogens with zero attached hydrogens (tertiary/aromatic N) is 4. The Kier molecular flexibility index (Phi) is 4.08. The van der Waals surface area contributed by atoms with Gasteiger partial charge < -0.3 is 10.3 Å². The predicted molar refractivity (Wildman–Crippen MR) is 78.0 cm³/mol. The van der Waals surface area contributed by atoms with Gasteiger partial charge in [0.25, 0.3) is 5.56 Å². The Hall–Kier alpha value is -1.89. The topological polar surface area (TPSA) is 87.8 Å². The summed E-state index contributed by atoms with van der Waals surface area (Å²) in [6.45, 7) is 7.11. The minimum atomic E-state index is -0.331. The monoisotopic (exact) mass is 279 g/mol. The number of aromatic nitrogens is 4. The van der Waals surface area contributed by atoms with Crippen molar-refractivity contribution >= 4 is 11.2 Å². The molecule has 7 nitrogen and oxygen atoms in total. The zero-order valence-electron chi connectivity index (χ0n) is 12.2. The van der Waals surface area contributed by atoms with Gasteiger partial charge in [-0.1, -0.05) is 6.92 Å². The van der Waals surface area contributed by atoms with Crippen molar-refractivity contribution in [3.05, 3.63) is 27.2 Å². The second-order valence-electron chi connectivity index (χ2n) is 4.90. The van der Waals surface area contributed by atoms with E-state index in [1.54, 1.807) is 22.4 Å². The van der Waals surface area contributed by atoms with Crippen molar-refractivity contribution in [1.82, 2.24) is 18.7 Å².